The van der Waals surface area contributed by atoms with E-state index in [1.807, 2.05) is 0 Å². The minimum atomic E-state index is -0.450. The molecule has 21 heavy (non-hydrogen) atoms. The number of hydrogen-bond donors (Lipinski definition) is 1. The summed E-state index contributed by atoms with van der Waals surface area (Å²) in [7, 11) is 1.52. The van der Waals surface area contributed by atoms with Crippen LogP contribution in [-0.4, -0.2) is 35.7 Å². The smallest absolute Gasteiger partial charge is 0.326 e. The minimum absolute atomic E-state index is 0.0673. The van der Waals surface area contributed by atoms with Crippen LogP contribution in [0, 0.1) is 5.92 Å². The van der Waals surface area contributed by atoms with Gasteiger partial charge in [-0.1, -0.05) is 12.8 Å². The van der Waals surface area contributed by atoms with E-state index in [2.05, 4.69) is 30.9 Å². The highest BCUT2D eigenvalue weighted by atomic mass is 32.2. The van der Waals surface area contributed by atoms with E-state index in [0.29, 0.717) is 11.3 Å². The van der Waals surface area contributed by atoms with Crippen LogP contribution in [0.25, 0.3) is 0 Å². The van der Waals surface area contributed by atoms with Crippen LogP contribution in [-0.2, 0) is 9.53 Å². The van der Waals surface area contributed by atoms with Gasteiger partial charge >= 0.3 is 5.97 Å². The second-order valence-corrected chi connectivity index (χ2v) is 8.41. The van der Waals surface area contributed by atoms with Crippen molar-refractivity contribution in [3.05, 3.63) is 0 Å². The molecule has 2 atom stereocenters. The van der Waals surface area contributed by atoms with Gasteiger partial charge in [-0.3, -0.25) is 10.1 Å². The molecular weight excluding hydrogens is 282 g/mol. The van der Waals surface area contributed by atoms with Crippen LogP contribution in [0.4, 0.5) is 0 Å². The van der Waals surface area contributed by atoms with Crippen LogP contribution in [0.15, 0.2) is 0 Å². The lowest BCUT2D eigenvalue weighted by atomic mass is 9.81. The zero-order chi connectivity index (χ0) is 15.3. The van der Waals surface area contributed by atoms with Crippen LogP contribution < -0.4 is 5.32 Å². The van der Waals surface area contributed by atoms with Crippen LogP contribution in [0.3, 0.4) is 0 Å². The molecule has 4 heteroatoms. The van der Waals surface area contributed by atoms with Crippen molar-refractivity contribution in [3.63, 3.8) is 0 Å². The van der Waals surface area contributed by atoms with Crippen molar-refractivity contribution in [2.75, 3.05) is 12.9 Å². The summed E-state index contributed by atoms with van der Waals surface area (Å²) >= 11 is 2.10. The standard InChI is InChI=1S/C17H31NO2S/c1-13(2)18-17(16(19)20-3)10-6-9-15(11-17)21-12-14-7-4-5-8-14/h13-15,18H,4-12H2,1-3H3. The molecule has 0 bridgehead atoms. The Hall–Kier alpha value is -0.220. The molecule has 2 rings (SSSR count). The first-order valence-electron chi connectivity index (χ1n) is 8.53. The van der Waals surface area contributed by atoms with Gasteiger partial charge in [0.25, 0.3) is 0 Å². The Labute approximate surface area is 134 Å². The fourth-order valence-electron chi connectivity index (χ4n) is 3.94. The highest BCUT2D eigenvalue weighted by Crippen LogP contribution is 2.38. The Bertz CT molecular complexity index is 342. The zero-order valence-electron chi connectivity index (χ0n) is 13.8. The summed E-state index contributed by atoms with van der Waals surface area (Å²) in [6.45, 7) is 4.22. The van der Waals surface area contributed by atoms with E-state index in [-0.39, 0.29) is 5.97 Å². The summed E-state index contributed by atoms with van der Waals surface area (Å²) < 4.78 is 5.11. The molecule has 0 aliphatic heterocycles. The minimum Gasteiger partial charge on any atom is -0.468 e. The first kappa shape index (κ1) is 17.1. The number of carbonyl (C=O) groups excluding carboxylic acids is 1. The molecule has 0 spiro atoms. The van der Waals surface area contributed by atoms with Crippen LogP contribution in [0.2, 0.25) is 0 Å². The van der Waals surface area contributed by atoms with Gasteiger partial charge < -0.3 is 4.74 Å². The zero-order valence-corrected chi connectivity index (χ0v) is 14.6. The first-order valence-corrected chi connectivity index (χ1v) is 9.58. The van der Waals surface area contributed by atoms with Gasteiger partial charge in [-0.15, -0.1) is 0 Å². The average Bonchev–Trinajstić information content (AvgIpc) is 2.97. The van der Waals surface area contributed by atoms with Crippen molar-refractivity contribution >= 4 is 17.7 Å². The molecule has 0 aromatic heterocycles. The maximum Gasteiger partial charge on any atom is 0.326 e. The lowest BCUT2D eigenvalue weighted by Crippen LogP contribution is -2.58. The molecule has 2 unspecified atom stereocenters. The molecule has 0 heterocycles. The predicted octanol–water partition coefficient (Wildman–Crippen LogP) is 3.76. The number of rotatable bonds is 6. The van der Waals surface area contributed by atoms with E-state index in [9.17, 15) is 4.79 Å². The molecule has 3 nitrogen and oxygen atoms in total. The molecule has 2 aliphatic rings. The molecule has 0 aromatic rings. The highest BCUT2D eigenvalue weighted by Gasteiger charge is 2.44. The van der Waals surface area contributed by atoms with Gasteiger partial charge in [0.05, 0.1) is 7.11 Å². The summed E-state index contributed by atoms with van der Waals surface area (Å²) in [6, 6.07) is 0.308. The van der Waals surface area contributed by atoms with Crippen molar-refractivity contribution < 1.29 is 9.53 Å². The lowest BCUT2D eigenvalue weighted by molar-refractivity contribution is -0.150. The fraction of sp³-hybridized carbons (Fsp3) is 0.941. The molecular formula is C17H31NO2S. The average molecular weight is 314 g/mol. The van der Waals surface area contributed by atoms with E-state index in [4.69, 9.17) is 4.74 Å². The maximum absolute atomic E-state index is 12.3. The van der Waals surface area contributed by atoms with E-state index in [1.54, 1.807) is 0 Å². The Balaban J connectivity index is 1.93. The monoisotopic (exact) mass is 313 g/mol. The summed E-state index contributed by atoms with van der Waals surface area (Å²) in [4.78, 5) is 12.3. The molecule has 2 fully saturated rings. The Morgan fingerprint density at radius 1 is 1.29 bits per heavy atom. The first-order chi connectivity index (χ1) is 10.1. The number of methoxy groups -OCH3 is 1. The SMILES string of the molecule is COC(=O)C1(NC(C)C)CCCC(SCC2CCCC2)C1. The molecule has 2 aliphatic carbocycles. The number of carbonyl (C=O) groups is 1. The third-order valence-electron chi connectivity index (χ3n) is 4.89. The van der Waals surface area contributed by atoms with E-state index < -0.39 is 5.54 Å². The third-order valence-corrected chi connectivity index (χ3v) is 6.43. The highest BCUT2D eigenvalue weighted by molar-refractivity contribution is 7.99. The summed E-state index contributed by atoms with van der Waals surface area (Å²) in [5.74, 6) is 2.13. The Kier molecular flexibility index (Phi) is 6.42. The van der Waals surface area contributed by atoms with Gasteiger partial charge in [-0.2, -0.15) is 11.8 Å². The van der Waals surface area contributed by atoms with Crippen LogP contribution in [0.1, 0.15) is 65.2 Å². The second kappa shape index (κ2) is 7.87. The maximum atomic E-state index is 12.3. The van der Waals surface area contributed by atoms with Gasteiger partial charge in [0, 0.05) is 11.3 Å². The van der Waals surface area contributed by atoms with Crippen molar-refractivity contribution in [2.24, 2.45) is 5.92 Å². The molecule has 0 radical (unpaired) electrons. The van der Waals surface area contributed by atoms with E-state index in [1.165, 1.54) is 45.0 Å². The van der Waals surface area contributed by atoms with Crippen molar-refractivity contribution in [2.45, 2.75) is 82.0 Å². The summed E-state index contributed by atoms with van der Waals surface area (Å²) in [5, 5.41) is 4.12. The number of ether oxygens (including phenoxy) is 1. The van der Waals surface area contributed by atoms with E-state index in [0.717, 1.165) is 25.2 Å². The third kappa shape index (κ3) is 4.62. The Morgan fingerprint density at radius 3 is 2.62 bits per heavy atom. The molecule has 2 saturated carbocycles. The molecule has 122 valence electrons. The molecule has 0 saturated heterocycles. The van der Waals surface area contributed by atoms with Crippen LogP contribution >= 0.6 is 11.8 Å². The fourth-order valence-corrected chi connectivity index (χ4v) is 5.55. The number of hydrogen-bond acceptors (Lipinski definition) is 4. The van der Waals surface area contributed by atoms with Crippen molar-refractivity contribution in [1.29, 1.82) is 0 Å². The number of thioether (sulfide) groups is 1. The van der Waals surface area contributed by atoms with Gasteiger partial charge in [0.1, 0.15) is 5.54 Å². The molecule has 1 N–H and O–H groups in total. The largest absolute Gasteiger partial charge is 0.468 e. The van der Waals surface area contributed by atoms with Crippen molar-refractivity contribution in [1.82, 2.24) is 5.32 Å². The normalized spacial score (nSPS) is 30.8. The van der Waals surface area contributed by atoms with Gasteiger partial charge in [-0.25, -0.2) is 0 Å². The van der Waals surface area contributed by atoms with Gasteiger partial charge in [0.2, 0.25) is 0 Å². The summed E-state index contributed by atoms with van der Waals surface area (Å²) in [5.41, 5.74) is -0.450. The molecule has 0 aromatic carbocycles. The van der Waals surface area contributed by atoms with Crippen molar-refractivity contribution in [3.8, 4) is 0 Å². The number of nitrogens with one attached hydrogen (secondary N) is 1. The van der Waals surface area contributed by atoms with Gasteiger partial charge in [0.15, 0.2) is 0 Å². The summed E-state index contributed by atoms with van der Waals surface area (Å²) in [6.07, 6.45) is 9.85. The lowest BCUT2D eigenvalue weighted by Gasteiger charge is -2.40. The van der Waals surface area contributed by atoms with Crippen LogP contribution in [0.5, 0.6) is 0 Å². The molecule has 0 amide bonds. The predicted molar refractivity (Wildman–Crippen MR) is 89.7 cm³/mol. The van der Waals surface area contributed by atoms with Gasteiger partial charge in [-0.05, 0) is 64.0 Å². The van der Waals surface area contributed by atoms with E-state index >= 15 is 0 Å². The topological polar surface area (TPSA) is 38.3 Å². The Morgan fingerprint density at radius 2 is 2.00 bits per heavy atom. The second-order valence-electron chi connectivity index (χ2n) is 7.07. The number of esters is 1. The quantitative estimate of drug-likeness (QED) is 0.758.